The summed E-state index contributed by atoms with van der Waals surface area (Å²) in [7, 11) is 0. The molecule has 1 aromatic carbocycles. The van der Waals surface area contributed by atoms with Crippen LogP contribution < -0.4 is 4.89 Å². The van der Waals surface area contributed by atoms with Crippen LogP contribution in [-0.4, -0.2) is 5.60 Å². The molecule has 1 aromatic rings. The molecule has 2 heteroatoms. The molecule has 0 radical (unpaired) electrons. The number of para-hydroxylation sites is 1. The van der Waals surface area contributed by atoms with Gasteiger partial charge in [-0.25, -0.2) is 0 Å². The van der Waals surface area contributed by atoms with Crippen molar-refractivity contribution in [1.82, 2.24) is 0 Å². The maximum absolute atomic E-state index is 5.83. The van der Waals surface area contributed by atoms with Gasteiger partial charge in [0, 0.05) is 5.56 Å². The van der Waals surface area contributed by atoms with Crippen molar-refractivity contribution in [3.05, 3.63) is 29.8 Å². The zero-order chi connectivity index (χ0) is 14.6. The molecule has 2 nitrogen and oxygen atoms in total. The highest BCUT2D eigenvalue weighted by Gasteiger charge is 2.35. The van der Waals surface area contributed by atoms with Gasteiger partial charge in [0.25, 0.3) is 0 Å². The highest BCUT2D eigenvalue weighted by Crippen LogP contribution is 2.33. The summed E-state index contributed by atoms with van der Waals surface area (Å²) >= 11 is 0. The van der Waals surface area contributed by atoms with Crippen molar-refractivity contribution in [1.29, 1.82) is 0 Å². The largest absolute Gasteiger partial charge is 0.337 e. The van der Waals surface area contributed by atoms with Crippen LogP contribution >= 0.6 is 0 Å². The van der Waals surface area contributed by atoms with Crippen LogP contribution in [0.15, 0.2) is 24.3 Å². The van der Waals surface area contributed by atoms with Crippen molar-refractivity contribution in [2.24, 2.45) is 11.8 Å². The van der Waals surface area contributed by atoms with Crippen molar-refractivity contribution in [3.8, 4) is 5.75 Å². The van der Waals surface area contributed by atoms with Gasteiger partial charge in [0.2, 0.25) is 0 Å². The second kappa shape index (κ2) is 6.42. The molecular formula is C17H28O2. The van der Waals surface area contributed by atoms with E-state index in [2.05, 4.69) is 54.5 Å². The van der Waals surface area contributed by atoms with E-state index in [-0.39, 0.29) is 5.60 Å². The van der Waals surface area contributed by atoms with E-state index < -0.39 is 0 Å². The van der Waals surface area contributed by atoms with Crippen LogP contribution in [0.3, 0.4) is 0 Å². The number of rotatable bonds is 6. The molecule has 0 saturated carbocycles. The van der Waals surface area contributed by atoms with E-state index in [1.165, 1.54) is 5.56 Å². The number of hydrogen-bond acceptors (Lipinski definition) is 2. The summed E-state index contributed by atoms with van der Waals surface area (Å²) in [4.78, 5) is 11.5. The summed E-state index contributed by atoms with van der Waals surface area (Å²) in [6.07, 6.45) is 0. The monoisotopic (exact) mass is 264 g/mol. The molecule has 108 valence electrons. The molecule has 0 unspecified atom stereocenters. The molecule has 0 aromatic heterocycles. The van der Waals surface area contributed by atoms with Crippen LogP contribution in [0.2, 0.25) is 0 Å². The summed E-state index contributed by atoms with van der Waals surface area (Å²) in [5.74, 6) is 2.02. The molecule has 0 aliphatic rings. The Bertz CT molecular complexity index is 386. The molecule has 1 rings (SSSR count). The normalized spacial score (nSPS) is 12.5. The minimum Gasteiger partial charge on any atom is -0.337 e. The summed E-state index contributed by atoms with van der Waals surface area (Å²) < 4.78 is 0. The Hall–Kier alpha value is -1.02. The first-order chi connectivity index (χ1) is 8.79. The van der Waals surface area contributed by atoms with Gasteiger partial charge >= 0.3 is 0 Å². The summed E-state index contributed by atoms with van der Waals surface area (Å²) in [5, 5.41) is 0. The molecular weight excluding hydrogens is 236 g/mol. The molecule has 0 atom stereocenters. The van der Waals surface area contributed by atoms with Gasteiger partial charge in [0.05, 0.1) is 0 Å². The average molecular weight is 264 g/mol. The van der Waals surface area contributed by atoms with Crippen LogP contribution in [0.4, 0.5) is 0 Å². The van der Waals surface area contributed by atoms with Crippen molar-refractivity contribution in [3.63, 3.8) is 0 Å². The van der Waals surface area contributed by atoms with Gasteiger partial charge in [0.15, 0.2) is 5.75 Å². The molecule has 19 heavy (non-hydrogen) atoms. The SMILES string of the molecule is CC(C)c1ccccc1OOC(C)(C(C)C)C(C)C. The minimum absolute atomic E-state index is 0.288. The van der Waals surface area contributed by atoms with E-state index in [1.54, 1.807) is 0 Å². The number of benzene rings is 1. The zero-order valence-corrected chi connectivity index (χ0v) is 13.4. The fourth-order valence-electron chi connectivity index (χ4n) is 2.03. The maximum atomic E-state index is 5.83. The van der Waals surface area contributed by atoms with Gasteiger partial charge in [-0.2, -0.15) is 4.89 Å². The van der Waals surface area contributed by atoms with Crippen molar-refractivity contribution < 1.29 is 9.78 Å². The third-order valence-corrected chi connectivity index (χ3v) is 4.14. The highest BCUT2D eigenvalue weighted by atomic mass is 17.2. The third-order valence-electron chi connectivity index (χ3n) is 4.14. The lowest BCUT2D eigenvalue weighted by atomic mass is 9.82. The quantitative estimate of drug-likeness (QED) is 0.520. The van der Waals surface area contributed by atoms with Gasteiger partial charge in [-0.1, -0.05) is 59.7 Å². The van der Waals surface area contributed by atoms with E-state index in [4.69, 9.17) is 9.78 Å². The van der Waals surface area contributed by atoms with Crippen LogP contribution in [0, 0.1) is 11.8 Å². The van der Waals surface area contributed by atoms with Gasteiger partial charge < -0.3 is 4.89 Å². The van der Waals surface area contributed by atoms with Crippen molar-refractivity contribution >= 4 is 0 Å². The molecule has 0 spiro atoms. The molecule has 0 aliphatic carbocycles. The Balaban J connectivity index is 2.87. The van der Waals surface area contributed by atoms with E-state index in [0.29, 0.717) is 17.8 Å². The first-order valence-corrected chi connectivity index (χ1v) is 7.23. The highest BCUT2D eigenvalue weighted by molar-refractivity contribution is 5.35. The predicted molar refractivity (Wildman–Crippen MR) is 80.3 cm³/mol. The standard InChI is InChI=1S/C17H28O2/c1-12(2)15-10-8-9-11-16(15)18-19-17(7,13(3)4)14(5)6/h8-14H,1-7H3. The van der Waals surface area contributed by atoms with E-state index in [1.807, 2.05) is 18.2 Å². The van der Waals surface area contributed by atoms with Crippen LogP contribution in [0.25, 0.3) is 0 Å². The second-order valence-electron chi connectivity index (χ2n) is 6.35. The molecule has 0 heterocycles. The van der Waals surface area contributed by atoms with Crippen LogP contribution in [0.5, 0.6) is 5.75 Å². The maximum Gasteiger partial charge on any atom is 0.168 e. The molecule has 0 bridgehead atoms. The Labute approximate surface area is 118 Å². The molecule has 0 aliphatic heterocycles. The van der Waals surface area contributed by atoms with Gasteiger partial charge in [-0.15, -0.1) is 0 Å². The number of hydrogen-bond donors (Lipinski definition) is 0. The lowest BCUT2D eigenvalue weighted by molar-refractivity contribution is -0.313. The third kappa shape index (κ3) is 3.73. The Morgan fingerprint density at radius 1 is 0.895 bits per heavy atom. The van der Waals surface area contributed by atoms with Gasteiger partial charge in [-0.3, -0.25) is 0 Å². The van der Waals surface area contributed by atoms with Gasteiger partial charge in [-0.05, 0) is 30.7 Å². The van der Waals surface area contributed by atoms with Crippen LogP contribution in [0.1, 0.15) is 59.9 Å². The Kier molecular flexibility index (Phi) is 5.42. The topological polar surface area (TPSA) is 18.5 Å². The van der Waals surface area contributed by atoms with E-state index >= 15 is 0 Å². The fraction of sp³-hybridized carbons (Fsp3) is 0.647. The lowest BCUT2D eigenvalue weighted by Gasteiger charge is -2.35. The summed E-state index contributed by atoms with van der Waals surface area (Å²) in [6.45, 7) is 15.1. The van der Waals surface area contributed by atoms with Crippen molar-refractivity contribution in [2.45, 2.75) is 60.0 Å². The predicted octanol–water partition coefficient (Wildman–Crippen LogP) is 5.19. The molecule has 0 saturated heterocycles. The fourth-order valence-corrected chi connectivity index (χ4v) is 2.03. The second-order valence-corrected chi connectivity index (χ2v) is 6.35. The summed E-state index contributed by atoms with van der Waals surface area (Å²) in [5.41, 5.74) is 0.891. The lowest BCUT2D eigenvalue weighted by Crippen LogP contribution is -2.41. The van der Waals surface area contributed by atoms with E-state index in [0.717, 1.165) is 5.75 Å². The minimum atomic E-state index is -0.288. The Morgan fingerprint density at radius 2 is 1.42 bits per heavy atom. The Morgan fingerprint density at radius 3 is 1.89 bits per heavy atom. The first kappa shape index (κ1) is 16.0. The molecule has 0 amide bonds. The summed E-state index contributed by atoms with van der Waals surface area (Å²) in [6, 6.07) is 8.07. The average Bonchev–Trinajstić information content (AvgIpc) is 2.35. The smallest absolute Gasteiger partial charge is 0.168 e. The van der Waals surface area contributed by atoms with E-state index in [9.17, 15) is 0 Å². The first-order valence-electron chi connectivity index (χ1n) is 7.23. The molecule has 0 fully saturated rings. The van der Waals surface area contributed by atoms with Gasteiger partial charge in [0.1, 0.15) is 5.60 Å². The van der Waals surface area contributed by atoms with Crippen LogP contribution in [-0.2, 0) is 4.89 Å². The zero-order valence-electron chi connectivity index (χ0n) is 13.4. The van der Waals surface area contributed by atoms with Crippen molar-refractivity contribution in [2.75, 3.05) is 0 Å². The molecule has 0 N–H and O–H groups in total.